The fourth-order valence-corrected chi connectivity index (χ4v) is 3.96. The van der Waals surface area contributed by atoms with Gasteiger partial charge in [0.2, 0.25) is 0 Å². The molecule has 0 saturated heterocycles. The summed E-state index contributed by atoms with van der Waals surface area (Å²) in [5, 5.41) is 16.3. The van der Waals surface area contributed by atoms with Crippen molar-refractivity contribution in [3.05, 3.63) is 5.69 Å². The molecule has 0 atom stereocenters. The molecule has 5 nitrogen and oxygen atoms in total. The van der Waals surface area contributed by atoms with E-state index in [0.717, 1.165) is 25.1 Å². The van der Waals surface area contributed by atoms with Gasteiger partial charge < -0.3 is 5.32 Å². The van der Waals surface area contributed by atoms with E-state index in [1.165, 1.54) is 11.5 Å². The first kappa shape index (κ1) is 12.1. The maximum atomic E-state index is 4.09. The average molecular weight is 291 g/mol. The zero-order valence-electron chi connectivity index (χ0n) is 8.63. The van der Waals surface area contributed by atoms with Gasteiger partial charge in [0.25, 0.3) is 0 Å². The van der Waals surface area contributed by atoms with Gasteiger partial charge in [0.15, 0.2) is 8.68 Å². The Morgan fingerprint density at radius 2 is 2.06 bits per heavy atom. The molecule has 1 N–H and O–H groups in total. The molecule has 0 aromatic carbocycles. The van der Waals surface area contributed by atoms with Crippen LogP contribution >= 0.6 is 46.4 Å². The molecule has 2 rings (SSSR count). The highest BCUT2D eigenvalue weighted by Crippen LogP contribution is 2.31. The molecule has 0 bridgehead atoms. The first-order valence-corrected chi connectivity index (χ1v) is 8.12. The summed E-state index contributed by atoms with van der Waals surface area (Å²) in [6.45, 7) is 0. The minimum Gasteiger partial charge on any atom is -0.377 e. The van der Waals surface area contributed by atoms with Crippen molar-refractivity contribution in [3.8, 4) is 0 Å². The van der Waals surface area contributed by atoms with Gasteiger partial charge >= 0.3 is 0 Å². The van der Waals surface area contributed by atoms with Crippen LogP contribution < -0.4 is 5.32 Å². The Hall–Kier alpha value is -0.380. The number of hydrogen-bond acceptors (Lipinski definition) is 9. The first-order valence-electron chi connectivity index (χ1n) is 4.32. The highest BCUT2D eigenvalue weighted by molar-refractivity contribution is 8.02. The van der Waals surface area contributed by atoms with Crippen LogP contribution in [-0.4, -0.2) is 33.1 Å². The van der Waals surface area contributed by atoms with E-state index in [2.05, 4.69) is 25.1 Å². The van der Waals surface area contributed by atoms with Crippen LogP contribution in [0.1, 0.15) is 5.69 Å². The Balaban J connectivity index is 1.96. The summed E-state index contributed by atoms with van der Waals surface area (Å²) in [6, 6.07) is 0. The smallest absolute Gasteiger partial charge is 0.175 e. The zero-order valence-corrected chi connectivity index (χ0v) is 11.9. The SMILES string of the molecule is CNc1snnc1CSc1nnc(SC)s1. The van der Waals surface area contributed by atoms with E-state index in [4.69, 9.17) is 0 Å². The Labute approximate surface area is 110 Å². The molecule has 0 aliphatic heterocycles. The van der Waals surface area contributed by atoms with Crippen molar-refractivity contribution in [2.24, 2.45) is 0 Å². The van der Waals surface area contributed by atoms with Crippen LogP contribution in [0.15, 0.2) is 8.68 Å². The fraction of sp³-hybridized carbons (Fsp3) is 0.429. The number of anilines is 1. The number of aromatic nitrogens is 4. The molecule has 0 radical (unpaired) electrons. The highest BCUT2D eigenvalue weighted by Gasteiger charge is 2.09. The summed E-state index contributed by atoms with van der Waals surface area (Å²) in [6.07, 6.45) is 2.00. The number of nitrogens with zero attached hydrogens (tertiary/aromatic N) is 4. The molecule has 9 heteroatoms. The summed E-state index contributed by atoms with van der Waals surface area (Å²) in [7, 11) is 1.88. The van der Waals surface area contributed by atoms with Gasteiger partial charge in [-0.1, -0.05) is 39.3 Å². The number of thioether (sulfide) groups is 2. The largest absolute Gasteiger partial charge is 0.377 e. The molecule has 0 amide bonds. The van der Waals surface area contributed by atoms with E-state index in [1.54, 1.807) is 34.9 Å². The predicted molar refractivity (Wildman–Crippen MR) is 70.7 cm³/mol. The molecule has 16 heavy (non-hydrogen) atoms. The van der Waals surface area contributed by atoms with Crippen molar-refractivity contribution in [2.45, 2.75) is 14.4 Å². The van der Waals surface area contributed by atoms with Crippen molar-refractivity contribution < 1.29 is 0 Å². The van der Waals surface area contributed by atoms with Crippen LogP contribution in [0, 0.1) is 0 Å². The highest BCUT2D eigenvalue weighted by atomic mass is 32.2. The molecule has 0 aliphatic rings. The molecular weight excluding hydrogens is 282 g/mol. The molecule has 2 heterocycles. The van der Waals surface area contributed by atoms with E-state index in [9.17, 15) is 0 Å². The lowest BCUT2D eigenvalue weighted by molar-refractivity contribution is 0.954. The van der Waals surface area contributed by atoms with Crippen LogP contribution in [0.2, 0.25) is 0 Å². The van der Waals surface area contributed by atoms with Crippen LogP contribution in [0.3, 0.4) is 0 Å². The summed E-state index contributed by atoms with van der Waals surface area (Å²) in [5.41, 5.74) is 0.971. The minimum absolute atomic E-state index is 0.773. The normalized spacial score (nSPS) is 10.6. The van der Waals surface area contributed by atoms with Gasteiger partial charge in [-0.2, -0.15) is 0 Å². The van der Waals surface area contributed by atoms with Crippen LogP contribution in [0.5, 0.6) is 0 Å². The molecular formula is C7H9N5S4. The number of nitrogens with one attached hydrogen (secondary N) is 1. The van der Waals surface area contributed by atoms with E-state index in [1.807, 2.05) is 13.3 Å². The van der Waals surface area contributed by atoms with Crippen molar-refractivity contribution in [1.82, 2.24) is 19.8 Å². The molecule has 0 aliphatic carbocycles. The van der Waals surface area contributed by atoms with Crippen molar-refractivity contribution in [1.29, 1.82) is 0 Å². The van der Waals surface area contributed by atoms with Gasteiger partial charge in [-0.15, -0.1) is 15.3 Å². The van der Waals surface area contributed by atoms with Crippen molar-refractivity contribution in [3.63, 3.8) is 0 Å². The van der Waals surface area contributed by atoms with Gasteiger partial charge in [-0.25, -0.2) is 0 Å². The van der Waals surface area contributed by atoms with Gasteiger partial charge in [-0.3, -0.25) is 0 Å². The van der Waals surface area contributed by atoms with Crippen LogP contribution in [0.4, 0.5) is 5.00 Å². The van der Waals surface area contributed by atoms with E-state index in [0.29, 0.717) is 0 Å². The third-order valence-electron chi connectivity index (χ3n) is 1.68. The maximum Gasteiger partial charge on any atom is 0.175 e. The lowest BCUT2D eigenvalue weighted by Gasteiger charge is -1.96. The molecule has 2 aromatic heterocycles. The van der Waals surface area contributed by atoms with Crippen LogP contribution in [-0.2, 0) is 5.75 Å². The standard InChI is InChI=1S/C7H9N5S4/c1-8-5-4(9-12-16-5)3-14-7-11-10-6(13-2)15-7/h8H,3H2,1-2H3. The Kier molecular flexibility index (Phi) is 4.38. The summed E-state index contributed by atoms with van der Waals surface area (Å²) < 4.78 is 5.87. The first-order chi connectivity index (χ1) is 7.83. The third-order valence-corrected chi connectivity index (χ3v) is 5.51. The van der Waals surface area contributed by atoms with Gasteiger partial charge in [-0.05, 0) is 6.26 Å². The molecule has 0 unspecified atom stereocenters. The third kappa shape index (κ3) is 2.84. The van der Waals surface area contributed by atoms with E-state index < -0.39 is 0 Å². The van der Waals surface area contributed by atoms with E-state index in [-0.39, 0.29) is 0 Å². The lowest BCUT2D eigenvalue weighted by Crippen LogP contribution is -1.90. The van der Waals surface area contributed by atoms with E-state index >= 15 is 0 Å². The second-order valence-corrected chi connectivity index (χ2v) is 6.63. The van der Waals surface area contributed by atoms with Crippen molar-refractivity contribution in [2.75, 3.05) is 18.6 Å². The molecule has 86 valence electrons. The minimum atomic E-state index is 0.773. The summed E-state index contributed by atoms with van der Waals surface area (Å²) >= 11 is 6.23. The second-order valence-electron chi connectivity index (χ2n) is 2.63. The topological polar surface area (TPSA) is 63.6 Å². The van der Waals surface area contributed by atoms with Gasteiger partial charge in [0, 0.05) is 24.3 Å². The van der Waals surface area contributed by atoms with Crippen LogP contribution in [0.25, 0.3) is 0 Å². The summed E-state index contributed by atoms with van der Waals surface area (Å²) in [5.74, 6) is 0.773. The quantitative estimate of drug-likeness (QED) is 0.849. The average Bonchev–Trinajstić information content (AvgIpc) is 2.94. The maximum absolute atomic E-state index is 4.09. The Morgan fingerprint density at radius 1 is 1.25 bits per heavy atom. The zero-order chi connectivity index (χ0) is 11.4. The monoisotopic (exact) mass is 291 g/mol. The van der Waals surface area contributed by atoms with Crippen molar-refractivity contribution >= 4 is 51.4 Å². The molecule has 2 aromatic rings. The van der Waals surface area contributed by atoms with Gasteiger partial charge in [0.05, 0.1) is 0 Å². The summed E-state index contributed by atoms with van der Waals surface area (Å²) in [4.78, 5) is 0. The second kappa shape index (κ2) is 5.80. The van der Waals surface area contributed by atoms with Gasteiger partial charge in [0.1, 0.15) is 10.7 Å². The molecule has 0 fully saturated rings. The number of hydrogen-bond donors (Lipinski definition) is 1. The lowest BCUT2D eigenvalue weighted by atomic mass is 10.5. The molecule has 0 saturated carbocycles. The Bertz CT molecular complexity index is 453. The fourth-order valence-electron chi connectivity index (χ4n) is 0.961. The molecule has 0 spiro atoms. The Morgan fingerprint density at radius 3 is 2.75 bits per heavy atom. The number of rotatable bonds is 5. The predicted octanol–water partition coefficient (Wildman–Crippen LogP) is 2.45.